The lowest BCUT2D eigenvalue weighted by atomic mass is 10.1. The van der Waals surface area contributed by atoms with Crippen molar-refractivity contribution in [1.29, 1.82) is 0 Å². The van der Waals surface area contributed by atoms with Crippen LogP contribution in [0.25, 0.3) is 0 Å². The maximum atomic E-state index is 12.0. The zero-order valence-electron chi connectivity index (χ0n) is 8.81. The zero-order valence-corrected chi connectivity index (χ0v) is 10.3. The van der Waals surface area contributed by atoms with E-state index in [9.17, 15) is 9.59 Å². The largest absolute Gasteiger partial charge is 0.475 e. The normalized spacial score (nSPS) is 10.3. The predicted molar refractivity (Wildman–Crippen MR) is 65.6 cm³/mol. The lowest BCUT2D eigenvalue weighted by Crippen LogP contribution is -2.01. The number of hydrogen-bond donors (Lipinski definition) is 1. The summed E-state index contributed by atoms with van der Waals surface area (Å²) in [6.07, 6.45) is 0. The van der Waals surface area contributed by atoms with Gasteiger partial charge in [0.05, 0.1) is 10.0 Å². The fourth-order valence-electron chi connectivity index (χ4n) is 1.39. The first-order valence-corrected chi connectivity index (χ1v) is 5.58. The summed E-state index contributed by atoms with van der Waals surface area (Å²) in [7, 11) is 0. The van der Waals surface area contributed by atoms with E-state index in [-0.39, 0.29) is 27.1 Å². The molecule has 0 amide bonds. The zero-order chi connectivity index (χ0) is 13.3. The Hall–Kier alpha value is -1.78. The molecule has 1 heterocycles. The molecule has 1 N–H and O–H groups in total. The molecule has 4 nitrogen and oxygen atoms in total. The van der Waals surface area contributed by atoms with Crippen molar-refractivity contribution in [1.82, 2.24) is 0 Å². The summed E-state index contributed by atoms with van der Waals surface area (Å²) in [6, 6.07) is 7.09. The number of carbonyl (C=O) groups excluding carboxylic acids is 1. The first-order valence-electron chi connectivity index (χ1n) is 4.82. The number of ketones is 1. The van der Waals surface area contributed by atoms with E-state index in [1.54, 1.807) is 12.1 Å². The van der Waals surface area contributed by atoms with E-state index in [0.717, 1.165) is 0 Å². The molecule has 0 saturated heterocycles. The molecule has 0 unspecified atom stereocenters. The molecule has 92 valence electrons. The van der Waals surface area contributed by atoms with Gasteiger partial charge in [0.2, 0.25) is 11.5 Å². The number of carboxylic acids is 1. The molecule has 0 aliphatic heterocycles. The summed E-state index contributed by atoms with van der Waals surface area (Å²) in [5, 5.41) is 9.05. The molecular formula is C12H6Cl2O4. The molecule has 2 aromatic rings. The van der Waals surface area contributed by atoms with Gasteiger partial charge in [-0.3, -0.25) is 4.79 Å². The lowest BCUT2D eigenvalue weighted by Gasteiger charge is -2.02. The number of aromatic carboxylic acids is 1. The molecule has 6 heteroatoms. The van der Waals surface area contributed by atoms with Gasteiger partial charge in [-0.1, -0.05) is 29.3 Å². The third-order valence-corrected chi connectivity index (χ3v) is 3.06. The Morgan fingerprint density at radius 2 is 1.72 bits per heavy atom. The smallest absolute Gasteiger partial charge is 0.371 e. The number of halogens is 2. The monoisotopic (exact) mass is 284 g/mol. The molecule has 1 aromatic heterocycles. The second kappa shape index (κ2) is 4.84. The van der Waals surface area contributed by atoms with Crippen LogP contribution in [0.15, 0.2) is 34.7 Å². The highest BCUT2D eigenvalue weighted by Crippen LogP contribution is 2.27. The number of rotatable bonds is 3. The van der Waals surface area contributed by atoms with Crippen LogP contribution >= 0.6 is 23.2 Å². The van der Waals surface area contributed by atoms with Crippen LogP contribution < -0.4 is 0 Å². The van der Waals surface area contributed by atoms with Crippen LogP contribution in [0.2, 0.25) is 10.0 Å². The van der Waals surface area contributed by atoms with E-state index in [1.165, 1.54) is 18.2 Å². The number of benzene rings is 1. The summed E-state index contributed by atoms with van der Waals surface area (Å²) in [5.74, 6) is -2.17. The molecule has 0 atom stereocenters. The van der Waals surface area contributed by atoms with Crippen LogP contribution in [-0.4, -0.2) is 16.9 Å². The van der Waals surface area contributed by atoms with E-state index < -0.39 is 11.8 Å². The molecule has 0 saturated carbocycles. The van der Waals surface area contributed by atoms with Gasteiger partial charge in [0.1, 0.15) is 0 Å². The Balaban J connectivity index is 2.41. The van der Waals surface area contributed by atoms with Crippen molar-refractivity contribution in [2.75, 3.05) is 0 Å². The molecule has 0 radical (unpaired) electrons. The molecule has 0 fully saturated rings. The van der Waals surface area contributed by atoms with Gasteiger partial charge >= 0.3 is 5.97 Å². The van der Waals surface area contributed by atoms with Crippen LogP contribution in [0.4, 0.5) is 0 Å². The van der Waals surface area contributed by atoms with E-state index in [1.807, 2.05) is 0 Å². The van der Waals surface area contributed by atoms with Gasteiger partial charge in [-0.25, -0.2) is 4.79 Å². The molecular weight excluding hydrogens is 279 g/mol. The predicted octanol–water partition coefficient (Wildman–Crippen LogP) is 3.52. The van der Waals surface area contributed by atoms with Gasteiger partial charge in [-0.15, -0.1) is 0 Å². The molecule has 18 heavy (non-hydrogen) atoms. The quantitative estimate of drug-likeness (QED) is 0.876. The van der Waals surface area contributed by atoms with Gasteiger partial charge < -0.3 is 9.52 Å². The van der Waals surface area contributed by atoms with Crippen molar-refractivity contribution in [2.24, 2.45) is 0 Å². The Morgan fingerprint density at radius 3 is 2.33 bits per heavy atom. The Labute approximate surface area is 112 Å². The topological polar surface area (TPSA) is 67.5 Å². The number of furan rings is 1. The highest BCUT2D eigenvalue weighted by atomic mass is 35.5. The maximum absolute atomic E-state index is 12.0. The highest BCUT2D eigenvalue weighted by molar-refractivity contribution is 6.44. The highest BCUT2D eigenvalue weighted by Gasteiger charge is 2.19. The van der Waals surface area contributed by atoms with Crippen molar-refractivity contribution in [3.05, 3.63) is 57.5 Å². The molecule has 2 rings (SSSR count). The fourth-order valence-corrected chi connectivity index (χ4v) is 1.77. The number of carboxylic acid groups (broad SMARTS) is 1. The first-order chi connectivity index (χ1) is 8.50. The molecule has 0 bridgehead atoms. The van der Waals surface area contributed by atoms with Gasteiger partial charge in [0, 0.05) is 5.56 Å². The minimum absolute atomic E-state index is 0.100. The fraction of sp³-hybridized carbons (Fsp3) is 0. The second-order valence-electron chi connectivity index (χ2n) is 3.40. The van der Waals surface area contributed by atoms with E-state index in [4.69, 9.17) is 32.7 Å². The number of hydrogen-bond acceptors (Lipinski definition) is 3. The van der Waals surface area contributed by atoms with Crippen LogP contribution in [0.1, 0.15) is 26.7 Å². The third kappa shape index (κ3) is 2.25. The van der Waals surface area contributed by atoms with Crippen LogP contribution in [0.5, 0.6) is 0 Å². The van der Waals surface area contributed by atoms with Crippen molar-refractivity contribution in [3.63, 3.8) is 0 Å². The van der Waals surface area contributed by atoms with E-state index in [0.29, 0.717) is 0 Å². The third-order valence-electron chi connectivity index (χ3n) is 2.24. The minimum atomic E-state index is -1.24. The van der Waals surface area contributed by atoms with Crippen LogP contribution in [0, 0.1) is 0 Å². The second-order valence-corrected chi connectivity index (χ2v) is 4.18. The van der Waals surface area contributed by atoms with Gasteiger partial charge in [0.15, 0.2) is 5.76 Å². The van der Waals surface area contributed by atoms with Crippen LogP contribution in [-0.2, 0) is 0 Å². The SMILES string of the molecule is O=C(O)c1ccc(C(=O)c2cccc(Cl)c2Cl)o1. The first kappa shape index (κ1) is 12.7. The summed E-state index contributed by atoms with van der Waals surface area (Å²) < 4.78 is 4.91. The Bertz CT molecular complexity index is 631. The summed E-state index contributed by atoms with van der Waals surface area (Å²) in [4.78, 5) is 22.7. The molecule has 0 aliphatic rings. The lowest BCUT2D eigenvalue weighted by molar-refractivity contribution is 0.0660. The minimum Gasteiger partial charge on any atom is -0.475 e. The number of carbonyl (C=O) groups is 2. The van der Waals surface area contributed by atoms with Crippen molar-refractivity contribution in [2.45, 2.75) is 0 Å². The average molecular weight is 285 g/mol. The maximum Gasteiger partial charge on any atom is 0.371 e. The summed E-state index contributed by atoms with van der Waals surface area (Å²) >= 11 is 11.7. The summed E-state index contributed by atoms with van der Waals surface area (Å²) in [5.41, 5.74) is 0.162. The van der Waals surface area contributed by atoms with Gasteiger partial charge in [0.25, 0.3) is 0 Å². The van der Waals surface area contributed by atoms with E-state index >= 15 is 0 Å². The Morgan fingerprint density at radius 1 is 1.06 bits per heavy atom. The van der Waals surface area contributed by atoms with Gasteiger partial charge in [-0.2, -0.15) is 0 Å². The van der Waals surface area contributed by atoms with Crippen LogP contribution in [0.3, 0.4) is 0 Å². The van der Waals surface area contributed by atoms with Gasteiger partial charge in [-0.05, 0) is 24.3 Å². The molecule has 0 spiro atoms. The molecule has 1 aromatic carbocycles. The standard InChI is InChI=1S/C12H6Cl2O4/c13-7-3-1-2-6(10(7)14)11(15)8-4-5-9(18-8)12(16)17/h1-5H,(H,16,17). The Kier molecular flexibility index (Phi) is 3.41. The van der Waals surface area contributed by atoms with Crippen molar-refractivity contribution < 1.29 is 19.1 Å². The van der Waals surface area contributed by atoms with E-state index in [2.05, 4.69) is 0 Å². The van der Waals surface area contributed by atoms with Crippen molar-refractivity contribution in [3.8, 4) is 0 Å². The summed E-state index contributed by atoms with van der Waals surface area (Å²) in [6.45, 7) is 0. The molecule has 0 aliphatic carbocycles. The average Bonchev–Trinajstić information content (AvgIpc) is 2.81. The van der Waals surface area contributed by atoms with Crippen molar-refractivity contribution >= 4 is 35.0 Å².